The highest BCUT2D eigenvalue weighted by Crippen LogP contribution is 2.47. The SMILES string of the molecule is C=C(C)C(=O)N(C(=O)OCC)C1(C)CCCCC1(C)C. The number of nitrogens with zero attached hydrogens (tertiary/aromatic N) is 1. The summed E-state index contributed by atoms with van der Waals surface area (Å²) in [6.07, 6.45) is 3.37. The number of rotatable bonds is 3. The minimum Gasteiger partial charge on any atom is -0.449 e. The molecule has 1 unspecified atom stereocenters. The third-order valence-electron chi connectivity index (χ3n) is 4.69. The molecule has 1 aliphatic carbocycles. The van der Waals surface area contributed by atoms with Crippen molar-refractivity contribution in [2.24, 2.45) is 5.41 Å². The summed E-state index contributed by atoms with van der Waals surface area (Å²) < 4.78 is 5.11. The molecule has 1 aliphatic rings. The van der Waals surface area contributed by atoms with Gasteiger partial charge >= 0.3 is 6.09 Å². The Morgan fingerprint density at radius 2 is 1.75 bits per heavy atom. The third-order valence-corrected chi connectivity index (χ3v) is 4.69. The van der Waals surface area contributed by atoms with Gasteiger partial charge < -0.3 is 4.74 Å². The van der Waals surface area contributed by atoms with Gasteiger partial charge in [0, 0.05) is 5.57 Å². The molecule has 1 rings (SSSR count). The summed E-state index contributed by atoms with van der Waals surface area (Å²) >= 11 is 0. The monoisotopic (exact) mass is 281 g/mol. The van der Waals surface area contributed by atoms with Crippen LogP contribution in [0.1, 0.15) is 60.3 Å². The number of imide groups is 1. The maximum Gasteiger partial charge on any atom is 0.417 e. The summed E-state index contributed by atoms with van der Waals surface area (Å²) in [6, 6.07) is 0. The Balaban J connectivity index is 3.24. The molecule has 0 N–H and O–H groups in total. The molecule has 1 atom stereocenters. The van der Waals surface area contributed by atoms with Crippen LogP contribution in [0.25, 0.3) is 0 Å². The normalized spacial score (nSPS) is 24.9. The van der Waals surface area contributed by atoms with Gasteiger partial charge in [-0.15, -0.1) is 0 Å². The second kappa shape index (κ2) is 5.98. The van der Waals surface area contributed by atoms with E-state index >= 15 is 0 Å². The van der Waals surface area contributed by atoms with Gasteiger partial charge in [-0.3, -0.25) is 4.79 Å². The molecular weight excluding hydrogens is 254 g/mol. The molecule has 4 nitrogen and oxygen atoms in total. The van der Waals surface area contributed by atoms with E-state index in [1.165, 1.54) is 4.90 Å². The largest absolute Gasteiger partial charge is 0.449 e. The Morgan fingerprint density at radius 3 is 2.20 bits per heavy atom. The minimum absolute atomic E-state index is 0.136. The number of ether oxygens (including phenoxy) is 1. The molecule has 1 fully saturated rings. The maximum atomic E-state index is 12.5. The summed E-state index contributed by atoms with van der Waals surface area (Å²) in [6.45, 7) is 13.6. The zero-order chi connectivity index (χ0) is 15.6. The fourth-order valence-corrected chi connectivity index (χ4v) is 2.95. The Bertz CT molecular complexity index is 414. The van der Waals surface area contributed by atoms with Gasteiger partial charge in [-0.2, -0.15) is 0 Å². The van der Waals surface area contributed by atoms with E-state index in [0.29, 0.717) is 5.57 Å². The average molecular weight is 281 g/mol. The van der Waals surface area contributed by atoms with Crippen molar-refractivity contribution in [3.05, 3.63) is 12.2 Å². The van der Waals surface area contributed by atoms with Crippen molar-refractivity contribution in [2.75, 3.05) is 6.61 Å². The molecule has 0 heterocycles. The Kier molecular flexibility index (Phi) is 5.00. The van der Waals surface area contributed by atoms with E-state index in [2.05, 4.69) is 20.4 Å². The molecule has 0 aromatic carbocycles. The van der Waals surface area contributed by atoms with Gasteiger partial charge in [-0.1, -0.05) is 33.3 Å². The van der Waals surface area contributed by atoms with E-state index in [9.17, 15) is 9.59 Å². The molecule has 0 saturated heterocycles. The van der Waals surface area contributed by atoms with Crippen LogP contribution in [0.2, 0.25) is 0 Å². The number of carbonyl (C=O) groups is 2. The standard InChI is InChI=1S/C16H27NO3/c1-7-20-14(19)17(13(18)12(2)3)16(6)11-9-8-10-15(16,4)5/h2,7-11H2,1,3-6H3. The lowest BCUT2D eigenvalue weighted by Gasteiger charge is -2.52. The van der Waals surface area contributed by atoms with E-state index in [1.807, 2.05) is 6.92 Å². The van der Waals surface area contributed by atoms with Gasteiger partial charge in [0.25, 0.3) is 5.91 Å². The topological polar surface area (TPSA) is 46.6 Å². The quantitative estimate of drug-likeness (QED) is 0.737. The zero-order valence-electron chi connectivity index (χ0n) is 13.4. The zero-order valence-corrected chi connectivity index (χ0v) is 13.4. The van der Waals surface area contributed by atoms with Crippen LogP contribution in [0.3, 0.4) is 0 Å². The Morgan fingerprint density at radius 1 is 1.20 bits per heavy atom. The second-order valence-corrected chi connectivity index (χ2v) is 6.48. The van der Waals surface area contributed by atoms with Crippen LogP contribution < -0.4 is 0 Å². The summed E-state index contributed by atoms with van der Waals surface area (Å²) in [5.74, 6) is -0.332. The van der Waals surface area contributed by atoms with Crippen molar-refractivity contribution in [3.63, 3.8) is 0 Å². The summed E-state index contributed by atoms with van der Waals surface area (Å²) in [4.78, 5) is 26.1. The molecule has 0 aromatic heterocycles. The molecule has 0 spiro atoms. The molecule has 114 valence electrons. The molecule has 1 saturated carbocycles. The molecule has 0 aliphatic heterocycles. The van der Waals surface area contributed by atoms with Gasteiger partial charge in [-0.25, -0.2) is 9.69 Å². The molecule has 20 heavy (non-hydrogen) atoms. The molecular formula is C16H27NO3. The number of amides is 2. The van der Waals surface area contributed by atoms with Crippen molar-refractivity contribution >= 4 is 12.0 Å². The number of hydrogen-bond donors (Lipinski definition) is 0. The first kappa shape index (κ1) is 16.7. The van der Waals surface area contributed by atoms with Crippen molar-refractivity contribution in [1.82, 2.24) is 4.90 Å². The van der Waals surface area contributed by atoms with Crippen LogP contribution >= 0.6 is 0 Å². The lowest BCUT2D eigenvalue weighted by atomic mass is 9.63. The highest BCUT2D eigenvalue weighted by molar-refractivity contribution is 6.02. The third kappa shape index (κ3) is 2.89. The summed E-state index contributed by atoms with van der Waals surface area (Å²) in [7, 11) is 0. The van der Waals surface area contributed by atoms with Crippen LogP contribution in [-0.4, -0.2) is 29.0 Å². The van der Waals surface area contributed by atoms with Crippen molar-refractivity contribution in [2.45, 2.75) is 65.8 Å². The highest BCUT2D eigenvalue weighted by atomic mass is 16.6. The van der Waals surface area contributed by atoms with Gasteiger partial charge in [-0.05, 0) is 39.0 Å². The van der Waals surface area contributed by atoms with Gasteiger partial charge in [0.15, 0.2) is 0 Å². The number of carbonyl (C=O) groups excluding carboxylic acids is 2. The van der Waals surface area contributed by atoms with Crippen LogP contribution in [0.4, 0.5) is 4.79 Å². The molecule has 0 bridgehead atoms. The lowest BCUT2D eigenvalue weighted by molar-refractivity contribution is -0.137. The second-order valence-electron chi connectivity index (χ2n) is 6.48. The first-order chi connectivity index (χ1) is 9.17. The lowest BCUT2D eigenvalue weighted by Crippen LogP contribution is -2.61. The van der Waals surface area contributed by atoms with E-state index < -0.39 is 11.6 Å². The maximum absolute atomic E-state index is 12.5. The van der Waals surface area contributed by atoms with E-state index in [-0.39, 0.29) is 17.9 Å². The predicted molar refractivity (Wildman–Crippen MR) is 79.3 cm³/mol. The van der Waals surface area contributed by atoms with Gasteiger partial charge in [0.2, 0.25) is 0 Å². The number of hydrogen-bond acceptors (Lipinski definition) is 3. The average Bonchev–Trinajstić information content (AvgIpc) is 2.33. The fourth-order valence-electron chi connectivity index (χ4n) is 2.95. The van der Waals surface area contributed by atoms with Crippen LogP contribution in [0.15, 0.2) is 12.2 Å². The van der Waals surface area contributed by atoms with Crippen molar-refractivity contribution in [1.29, 1.82) is 0 Å². The van der Waals surface area contributed by atoms with Crippen LogP contribution in [0, 0.1) is 5.41 Å². The Labute approximate surface area is 122 Å². The minimum atomic E-state index is -0.557. The first-order valence-electron chi connectivity index (χ1n) is 7.34. The first-order valence-corrected chi connectivity index (χ1v) is 7.34. The summed E-state index contributed by atoms with van der Waals surface area (Å²) in [5, 5.41) is 0. The molecule has 4 heteroatoms. The van der Waals surface area contributed by atoms with E-state index in [1.54, 1.807) is 13.8 Å². The van der Waals surface area contributed by atoms with Gasteiger partial charge in [0.1, 0.15) is 0 Å². The molecule has 2 amide bonds. The predicted octanol–water partition coefficient (Wildman–Crippen LogP) is 3.91. The Hall–Kier alpha value is -1.32. The smallest absolute Gasteiger partial charge is 0.417 e. The van der Waals surface area contributed by atoms with Crippen molar-refractivity contribution < 1.29 is 14.3 Å². The molecule has 0 radical (unpaired) electrons. The molecule has 0 aromatic rings. The van der Waals surface area contributed by atoms with E-state index in [0.717, 1.165) is 25.7 Å². The van der Waals surface area contributed by atoms with Gasteiger partial charge in [0.05, 0.1) is 12.1 Å². The van der Waals surface area contributed by atoms with Crippen LogP contribution in [-0.2, 0) is 9.53 Å². The highest BCUT2D eigenvalue weighted by Gasteiger charge is 2.51. The summed E-state index contributed by atoms with van der Waals surface area (Å²) in [5.41, 5.74) is -0.308. The van der Waals surface area contributed by atoms with Crippen LogP contribution in [0.5, 0.6) is 0 Å². The van der Waals surface area contributed by atoms with Crippen molar-refractivity contribution in [3.8, 4) is 0 Å². The fraction of sp³-hybridized carbons (Fsp3) is 0.750. The van der Waals surface area contributed by atoms with E-state index in [4.69, 9.17) is 4.74 Å².